The van der Waals surface area contributed by atoms with Gasteiger partial charge in [0, 0.05) is 12.6 Å². The predicted molar refractivity (Wildman–Crippen MR) is 81.4 cm³/mol. The maximum absolute atomic E-state index is 13.1. The molecule has 0 bridgehead atoms. The SMILES string of the molecule is CCNC(=NCc1cccc(F)c1)NC1CCS(=O)(=O)C1. The number of benzene rings is 1. The number of hydrogen-bond donors (Lipinski definition) is 2. The Kier molecular flexibility index (Phi) is 5.17. The van der Waals surface area contributed by atoms with Gasteiger partial charge in [0.2, 0.25) is 0 Å². The van der Waals surface area contributed by atoms with Crippen molar-refractivity contribution in [1.82, 2.24) is 10.6 Å². The van der Waals surface area contributed by atoms with E-state index in [1.807, 2.05) is 6.92 Å². The van der Waals surface area contributed by atoms with Crippen molar-refractivity contribution in [3.8, 4) is 0 Å². The summed E-state index contributed by atoms with van der Waals surface area (Å²) in [6.07, 6.45) is 0.590. The number of halogens is 1. The van der Waals surface area contributed by atoms with Gasteiger partial charge in [-0.1, -0.05) is 12.1 Å². The molecule has 116 valence electrons. The lowest BCUT2D eigenvalue weighted by atomic mass is 10.2. The molecule has 0 aliphatic carbocycles. The molecule has 0 amide bonds. The summed E-state index contributed by atoms with van der Waals surface area (Å²) < 4.78 is 36.0. The van der Waals surface area contributed by atoms with E-state index in [9.17, 15) is 12.8 Å². The average molecular weight is 313 g/mol. The molecule has 7 heteroatoms. The lowest BCUT2D eigenvalue weighted by Gasteiger charge is -2.15. The van der Waals surface area contributed by atoms with Gasteiger partial charge in [-0.15, -0.1) is 0 Å². The van der Waals surface area contributed by atoms with Gasteiger partial charge in [-0.3, -0.25) is 0 Å². The lowest BCUT2D eigenvalue weighted by Crippen LogP contribution is -2.44. The van der Waals surface area contributed by atoms with Crippen molar-refractivity contribution in [3.63, 3.8) is 0 Å². The van der Waals surface area contributed by atoms with Crippen LogP contribution in [0.5, 0.6) is 0 Å². The van der Waals surface area contributed by atoms with Crippen LogP contribution in [0.3, 0.4) is 0 Å². The van der Waals surface area contributed by atoms with Crippen molar-refractivity contribution < 1.29 is 12.8 Å². The Bertz CT molecular complexity index is 616. The van der Waals surface area contributed by atoms with Crippen molar-refractivity contribution in [3.05, 3.63) is 35.6 Å². The average Bonchev–Trinajstić information content (AvgIpc) is 2.76. The fourth-order valence-electron chi connectivity index (χ4n) is 2.23. The predicted octanol–water partition coefficient (Wildman–Crippen LogP) is 1.07. The largest absolute Gasteiger partial charge is 0.357 e. The van der Waals surface area contributed by atoms with E-state index < -0.39 is 9.84 Å². The third-order valence-corrected chi connectivity index (χ3v) is 4.99. The molecule has 1 fully saturated rings. The molecule has 1 aromatic rings. The van der Waals surface area contributed by atoms with E-state index in [0.717, 1.165) is 5.56 Å². The number of guanidine groups is 1. The third-order valence-electron chi connectivity index (χ3n) is 3.23. The molecule has 1 heterocycles. The number of sulfone groups is 1. The Labute approximate surface area is 124 Å². The molecular weight excluding hydrogens is 293 g/mol. The van der Waals surface area contributed by atoms with Gasteiger partial charge in [0.05, 0.1) is 18.1 Å². The highest BCUT2D eigenvalue weighted by Crippen LogP contribution is 2.11. The highest BCUT2D eigenvalue weighted by Gasteiger charge is 2.28. The summed E-state index contributed by atoms with van der Waals surface area (Å²) in [5.74, 6) is 0.622. The molecule has 1 saturated heterocycles. The zero-order valence-electron chi connectivity index (χ0n) is 12.0. The molecule has 21 heavy (non-hydrogen) atoms. The molecule has 5 nitrogen and oxygen atoms in total. The first-order valence-electron chi connectivity index (χ1n) is 6.98. The summed E-state index contributed by atoms with van der Waals surface area (Å²) in [7, 11) is -2.92. The topological polar surface area (TPSA) is 70.6 Å². The molecule has 0 aromatic heterocycles. The van der Waals surface area contributed by atoms with Gasteiger partial charge < -0.3 is 10.6 Å². The summed E-state index contributed by atoms with van der Waals surface area (Å²) in [6.45, 7) is 2.95. The summed E-state index contributed by atoms with van der Waals surface area (Å²) >= 11 is 0. The first kappa shape index (κ1) is 15.8. The van der Waals surface area contributed by atoms with Gasteiger partial charge in [0.1, 0.15) is 5.82 Å². The highest BCUT2D eigenvalue weighted by atomic mass is 32.2. The van der Waals surface area contributed by atoms with Crippen LogP contribution in [0, 0.1) is 5.82 Å². The molecule has 2 rings (SSSR count). The van der Waals surface area contributed by atoms with Crippen LogP contribution in [0.4, 0.5) is 4.39 Å². The minimum Gasteiger partial charge on any atom is -0.357 e. The molecule has 0 radical (unpaired) electrons. The monoisotopic (exact) mass is 313 g/mol. The molecule has 1 unspecified atom stereocenters. The first-order chi connectivity index (χ1) is 9.98. The zero-order valence-corrected chi connectivity index (χ0v) is 12.8. The van der Waals surface area contributed by atoms with Crippen LogP contribution < -0.4 is 10.6 Å². The smallest absolute Gasteiger partial charge is 0.191 e. The van der Waals surface area contributed by atoms with Gasteiger partial charge in [-0.05, 0) is 31.0 Å². The van der Waals surface area contributed by atoms with Crippen LogP contribution in [0.2, 0.25) is 0 Å². The molecule has 1 aliphatic rings. The molecular formula is C14H20FN3O2S. The standard InChI is InChI=1S/C14H20FN3O2S/c1-2-16-14(18-13-6-7-21(19,20)10-13)17-9-11-4-3-5-12(15)8-11/h3-5,8,13H,2,6-7,9-10H2,1H3,(H2,16,17,18). The van der Waals surface area contributed by atoms with E-state index in [1.165, 1.54) is 12.1 Å². The molecule has 0 spiro atoms. The van der Waals surface area contributed by atoms with E-state index >= 15 is 0 Å². The van der Waals surface area contributed by atoms with Crippen LogP contribution in [0.1, 0.15) is 18.9 Å². The van der Waals surface area contributed by atoms with E-state index in [-0.39, 0.29) is 23.4 Å². The molecule has 1 aromatic carbocycles. The molecule has 1 aliphatic heterocycles. The summed E-state index contributed by atoms with van der Waals surface area (Å²) in [5, 5.41) is 6.20. The Balaban J connectivity index is 1.99. The molecule has 1 atom stereocenters. The van der Waals surface area contributed by atoms with Gasteiger partial charge >= 0.3 is 0 Å². The summed E-state index contributed by atoms with van der Waals surface area (Å²) in [6, 6.07) is 6.16. The third kappa shape index (κ3) is 5.00. The van der Waals surface area contributed by atoms with Crippen LogP contribution >= 0.6 is 0 Å². The van der Waals surface area contributed by atoms with E-state index in [4.69, 9.17) is 0 Å². The second-order valence-electron chi connectivity index (χ2n) is 5.07. The zero-order chi connectivity index (χ0) is 15.3. The van der Waals surface area contributed by atoms with E-state index in [1.54, 1.807) is 12.1 Å². The van der Waals surface area contributed by atoms with E-state index in [2.05, 4.69) is 15.6 Å². The second kappa shape index (κ2) is 6.89. The van der Waals surface area contributed by atoms with Crippen LogP contribution in [0.15, 0.2) is 29.3 Å². The van der Waals surface area contributed by atoms with Crippen molar-refractivity contribution in [2.45, 2.75) is 25.9 Å². The quantitative estimate of drug-likeness (QED) is 0.644. The summed E-state index contributed by atoms with van der Waals surface area (Å²) in [5.41, 5.74) is 0.770. The van der Waals surface area contributed by atoms with Gasteiger partial charge in [-0.2, -0.15) is 0 Å². The fourth-order valence-corrected chi connectivity index (χ4v) is 3.90. The van der Waals surface area contributed by atoms with Crippen molar-refractivity contribution in [1.29, 1.82) is 0 Å². The maximum atomic E-state index is 13.1. The van der Waals surface area contributed by atoms with Crippen LogP contribution in [0.25, 0.3) is 0 Å². The molecule has 2 N–H and O–H groups in total. The number of nitrogens with zero attached hydrogens (tertiary/aromatic N) is 1. The molecule has 0 saturated carbocycles. The Morgan fingerprint density at radius 1 is 1.48 bits per heavy atom. The number of hydrogen-bond acceptors (Lipinski definition) is 3. The maximum Gasteiger partial charge on any atom is 0.191 e. The Morgan fingerprint density at radius 2 is 2.29 bits per heavy atom. The lowest BCUT2D eigenvalue weighted by molar-refractivity contribution is 0.599. The van der Waals surface area contributed by atoms with Gasteiger partial charge in [0.25, 0.3) is 0 Å². The second-order valence-corrected chi connectivity index (χ2v) is 7.30. The number of rotatable bonds is 4. The summed E-state index contributed by atoms with van der Waals surface area (Å²) in [4.78, 5) is 4.37. The van der Waals surface area contributed by atoms with Crippen LogP contribution in [-0.2, 0) is 16.4 Å². The number of aliphatic imine (C=N–C) groups is 1. The fraction of sp³-hybridized carbons (Fsp3) is 0.500. The van der Waals surface area contributed by atoms with Gasteiger partial charge in [-0.25, -0.2) is 17.8 Å². The van der Waals surface area contributed by atoms with Gasteiger partial charge in [0.15, 0.2) is 15.8 Å². The van der Waals surface area contributed by atoms with E-state index in [0.29, 0.717) is 25.5 Å². The normalized spacial score (nSPS) is 21.2. The number of nitrogens with one attached hydrogen (secondary N) is 2. The minimum atomic E-state index is -2.92. The van der Waals surface area contributed by atoms with Crippen molar-refractivity contribution in [2.75, 3.05) is 18.1 Å². The van der Waals surface area contributed by atoms with Crippen molar-refractivity contribution in [2.24, 2.45) is 4.99 Å². The van der Waals surface area contributed by atoms with Crippen LogP contribution in [-0.4, -0.2) is 38.5 Å². The Morgan fingerprint density at radius 3 is 2.90 bits per heavy atom. The highest BCUT2D eigenvalue weighted by molar-refractivity contribution is 7.91. The first-order valence-corrected chi connectivity index (χ1v) is 8.80. The van der Waals surface area contributed by atoms with Crippen molar-refractivity contribution >= 4 is 15.8 Å². The Hall–Kier alpha value is -1.63. The minimum absolute atomic E-state index is 0.111.